The molecule has 0 atom stereocenters. The van der Waals surface area contributed by atoms with E-state index >= 15 is 0 Å². The van der Waals surface area contributed by atoms with E-state index in [0.29, 0.717) is 40.1 Å². The van der Waals surface area contributed by atoms with E-state index in [0.717, 1.165) is 102 Å². The molecule has 0 saturated carbocycles. The molecule has 55 heavy (non-hydrogen) atoms. The van der Waals surface area contributed by atoms with Gasteiger partial charge in [0.1, 0.15) is 0 Å². The van der Waals surface area contributed by atoms with Crippen LogP contribution in [0.25, 0.3) is 11.1 Å². The molecule has 2 aliphatic heterocycles. The lowest BCUT2D eigenvalue weighted by molar-refractivity contribution is 0.104. The standard InChI is InChI=1S/C23H24BrClN2O3.C20H20BrClN2O/c1-3-30-23(29)27-10-8-14(9-11-27)20-17-7-5-16(25)12-15(17)4-6-18-21(20)26(2)13-19(24)22(18)28;1-24-11-17(21)20(25)16-4-2-13-10-14(22)3-5-15(13)18(19(16)24)12-6-8-23-9-7-12/h5,7,12-13H,3-4,6,8-11H2,1-2H3;3,5,10-11,23H,2,4,6-9H2,1H3. The van der Waals surface area contributed by atoms with Crippen LogP contribution >= 0.6 is 55.1 Å². The van der Waals surface area contributed by atoms with Crippen LogP contribution in [0.5, 0.6) is 0 Å². The van der Waals surface area contributed by atoms with E-state index in [9.17, 15) is 14.4 Å². The average Bonchev–Trinajstić information content (AvgIpc) is 3.45. The van der Waals surface area contributed by atoms with Gasteiger partial charge in [0, 0.05) is 71.9 Å². The minimum atomic E-state index is -0.258. The minimum Gasteiger partial charge on any atom is -0.450 e. The number of nitrogens with one attached hydrogen (secondary N) is 1. The second-order valence-corrected chi connectivity index (χ2v) is 17.1. The predicted octanol–water partition coefficient (Wildman–Crippen LogP) is 9.04. The van der Waals surface area contributed by atoms with Gasteiger partial charge in [0.15, 0.2) is 10.9 Å². The zero-order valence-corrected chi connectivity index (χ0v) is 36.0. The van der Waals surface area contributed by atoms with Gasteiger partial charge in [0.05, 0.1) is 26.9 Å². The zero-order valence-electron chi connectivity index (χ0n) is 31.3. The quantitative estimate of drug-likeness (QED) is 0.206. The third-order valence-electron chi connectivity index (χ3n) is 11.1. The summed E-state index contributed by atoms with van der Waals surface area (Å²) in [7, 11) is 4.02. The van der Waals surface area contributed by atoms with Crippen molar-refractivity contribution in [2.45, 2.75) is 58.3 Å². The number of fused-ring (bicyclic) bond motifs is 4. The van der Waals surface area contributed by atoms with Crippen LogP contribution in [-0.4, -0.2) is 52.9 Å². The first-order valence-corrected chi connectivity index (χ1v) is 21.2. The summed E-state index contributed by atoms with van der Waals surface area (Å²) in [6.07, 6.45) is 10.0. The molecule has 288 valence electrons. The van der Waals surface area contributed by atoms with Gasteiger partial charge in [-0.1, -0.05) is 46.5 Å². The van der Waals surface area contributed by atoms with E-state index in [-0.39, 0.29) is 17.0 Å². The Hall–Kier alpha value is -3.41. The minimum absolute atomic E-state index is 0.0454. The molecule has 4 heterocycles. The SMILES string of the molecule is CCOC(=O)N1CCC(=C2c3ccc(Cl)cc3CCc3c2n(C)cc(Br)c3=O)CC1.Cn1cc(Br)c(=O)c2c1C(=C1CCNCC1)c1ccc(Cl)cc1CC2. The van der Waals surface area contributed by atoms with Gasteiger partial charge < -0.3 is 24.1 Å². The number of nitrogens with zero attached hydrogens (tertiary/aromatic N) is 3. The first-order valence-electron chi connectivity index (χ1n) is 18.9. The fourth-order valence-electron chi connectivity index (χ4n) is 8.55. The van der Waals surface area contributed by atoms with E-state index < -0.39 is 0 Å². The van der Waals surface area contributed by atoms with Crippen LogP contribution < -0.4 is 16.2 Å². The highest BCUT2D eigenvalue weighted by Crippen LogP contribution is 2.40. The van der Waals surface area contributed by atoms with Crippen molar-refractivity contribution in [3.63, 3.8) is 0 Å². The number of aryl methyl sites for hydroxylation is 4. The maximum absolute atomic E-state index is 13.0. The van der Waals surface area contributed by atoms with Gasteiger partial charge in [-0.3, -0.25) is 9.59 Å². The first kappa shape index (κ1) is 39.8. The smallest absolute Gasteiger partial charge is 0.409 e. The van der Waals surface area contributed by atoms with Crippen LogP contribution in [0.3, 0.4) is 0 Å². The Morgan fingerprint density at radius 3 is 1.62 bits per heavy atom. The Morgan fingerprint density at radius 1 is 0.709 bits per heavy atom. The van der Waals surface area contributed by atoms with Gasteiger partial charge in [-0.05, 0) is 150 Å². The number of hydrogen-bond donors (Lipinski definition) is 1. The molecule has 2 fully saturated rings. The summed E-state index contributed by atoms with van der Waals surface area (Å²) < 4.78 is 10.5. The van der Waals surface area contributed by atoms with E-state index in [1.807, 2.05) is 56.2 Å². The Labute approximate surface area is 348 Å². The number of carbonyl (C=O) groups is 1. The van der Waals surface area contributed by atoms with Gasteiger partial charge in [0.2, 0.25) is 0 Å². The summed E-state index contributed by atoms with van der Waals surface area (Å²) in [6.45, 7) is 5.39. The molecule has 0 bridgehead atoms. The number of hydrogen-bond acceptors (Lipinski definition) is 5. The molecule has 4 aliphatic rings. The van der Waals surface area contributed by atoms with Gasteiger partial charge in [-0.25, -0.2) is 4.79 Å². The van der Waals surface area contributed by atoms with Gasteiger partial charge in [-0.2, -0.15) is 0 Å². The van der Waals surface area contributed by atoms with Crippen molar-refractivity contribution >= 4 is 72.3 Å². The molecule has 0 radical (unpaired) electrons. The lowest BCUT2D eigenvalue weighted by Gasteiger charge is -2.30. The van der Waals surface area contributed by atoms with Crippen LogP contribution in [0.1, 0.15) is 77.4 Å². The highest BCUT2D eigenvalue weighted by molar-refractivity contribution is 9.10. The number of amides is 1. The van der Waals surface area contributed by atoms with Crippen molar-refractivity contribution < 1.29 is 9.53 Å². The van der Waals surface area contributed by atoms with E-state index in [1.54, 1.807) is 4.90 Å². The van der Waals surface area contributed by atoms with Crippen LogP contribution in [0.2, 0.25) is 10.0 Å². The number of halogens is 4. The van der Waals surface area contributed by atoms with Crippen LogP contribution in [0.15, 0.2) is 78.5 Å². The maximum atomic E-state index is 13.0. The number of ether oxygens (including phenoxy) is 1. The number of benzene rings is 2. The zero-order chi connectivity index (χ0) is 39.0. The van der Waals surface area contributed by atoms with Crippen LogP contribution in [0, 0.1) is 0 Å². The summed E-state index contributed by atoms with van der Waals surface area (Å²) >= 11 is 19.4. The van der Waals surface area contributed by atoms with E-state index in [2.05, 4.69) is 59.9 Å². The summed E-state index contributed by atoms with van der Waals surface area (Å²) in [5, 5.41) is 4.89. The topological polar surface area (TPSA) is 85.6 Å². The summed E-state index contributed by atoms with van der Waals surface area (Å²) in [5.41, 5.74) is 13.8. The van der Waals surface area contributed by atoms with Crippen LogP contribution in [-0.2, 0) is 44.5 Å². The highest BCUT2D eigenvalue weighted by Gasteiger charge is 2.30. The Balaban J connectivity index is 0.000000172. The molecule has 2 aromatic heterocycles. The number of likely N-dealkylation sites (tertiary alicyclic amines) is 1. The third kappa shape index (κ3) is 8.08. The number of piperidine rings is 2. The highest BCUT2D eigenvalue weighted by atomic mass is 79.9. The van der Waals surface area contributed by atoms with Gasteiger partial charge in [-0.15, -0.1) is 0 Å². The number of carbonyl (C=O) groups excluding carboxylic acids is 1. The van der Waals surface area contributed by atoms with Crippen molar-refractivity contribution in [1.82, 2.24) is 19.4 Å². The molecule has 2 aliphatic carbocycles. The molecule has 0 spiro atoms. The Morgan fingerprint density at radius 2 is 1.16 bits per heavy atom. The molecule has 2 aromatic carbocycles. The van der Waals surface area contributed by atoms with E-state index in [4.69, 9.17) is 27.9 Å². The molecule has 8 nitrogen and oxygen atoms in total. The summed E-state index contributed by atoms with van der Waals surface area (Å²) in [6, 6.07) is 12.1. The fourth-order valence-corrected chi connectivity index (χ4v) is 10.0. The lowest BCUT2D eigenvalue weighted by Crippen LogP contribution is -2.37. The second-order valence-electron chi connectivity index (χ2n) is 14.5. The molecule has 8 rings (SSSR count). The third-order valence-corrected chi connectivity index (χ3v) is 12.7. The molecule has 0 unspecified atom stereocenters. The van der Waals surface area contributed by atoms with Crippen molar-refractivity contribution in [2.24, 2.45) is 14.1 Å². The van der Waals surface area contributed by atoms with Gasteiger partial charge in [0.25, 0.3) is 0 Å². The van der Waals surface area contributed by atoms with Crippen molar-refractivity contribution in [3.05, 3.63) is 144 Å². The van der Waals surface area contributed by atoms with Crippen molar-refractivity contribution in [1.29, 1.82) is 0 Å². The molecule has 4 aromatic rings. The molecular formula is C43H44Br2Cl2N4O4. The Kier molecular flexibility index (Phi) is 12.3. The second kappa shape index (κ2) is 17.0. The molecule has 2 saturated heterocycles. The summed E-state index contributed by atoms with van der Waals surface area (Å²) in [5.74, 6) is 0. The van der Waals surface area contributed by atoms with Crippen molar-refractivity contribution in [3.8, 4) is 0 Å². The van der Waals surface area contributed by atoms with E-state index in [1.165, 1.54) is 27.8 Å². The number of aromatic nitrogens is 2. The van der Waals surface area contributed by atoms with Gasteiger partial charge >= 0.3 is 6.09 Å². The van der Waals surface area contributed by atoms with Crippen molar-refractivity contribution in [2.75, 3.05) is 32.8 Å². The predicted molar refractivity (Wildman–Crippen MR) is 228 cm³/mol. The molecule has 12 heteroatoms. The summed E-state index contributed by atoms with van der Waals surface area (Å²) in [4.78, 5) is 39.7. The normalized spacial score (nSPS) is 16.5. The maximum Gasteiger partial charge on any atom is 0.409 e. The molecular weight excluding hydrogens is 867 g/mol. The first-order chi connectivity index (χ1) is 26.5. The monoisotopic (exact) mass is 908 g/mol. The Bertz CT molecular complexity index is 2360. The lowest BCUT2D eigenvalue weighted by atomic mass is 9.88. The molecule has 1 N–H and O–H groups in total. The largest absolute Gasteiger partial charge is 0.450 e. The number of pyridine rings is 2. The average molecular weight is 912 g/mol. The molecule has 1 amide bonds. The fraction of sp³-hybridized carbons (Fsp3) is 0.372. The number of rotatable bonds is 1. The van der Waals surface area contributed by atoms with Crippen LogP contribution in [0.4, 0.5) is 4.79 Å².